The summed E-state index contributed by atoms with van der Waals surface area (Å²) in [6, 6.07) is -0.191. The lowest BCUT2D eigenvalue weighted by Crippen LogP contribution is -2.41. The van der Waals surface area contributed by atoms with Crippen LogP contribution in [-0.4, -0.2) is 67.6 Å². The molecule has 7 heteroatoms. The summed E-state index contributed by atoms with van der Waals surface area (Å²) >= 11 is 0. The molecule has 0 aliphatic carbocycles. The zero-order valence-electron chi connectivity index (χ0n) is 13.2. The number of rotatable bonds is 7. The fourth-order valence-corrected chi connectivity index (χ4v) is 2.78. The van der Waals surface area contributed by atoms with Crippen molar-refractivity contribution in [1.29, 1.82) is 0 Å². The van der Waals surface area contributed by atoms with E-state index in [1.54, 1.807) is 11.8 Å². The van der Waals surface area contributed by atoms with Crippen LogP contribution in [0.25, 0.3) is 0 Å². The first-order valence-corrected chi connectivity index (χ1v) is 7.97. The molecule has 2 rings (SSSR count). The van der Waals surface area contributed by atoms with E-state index in [4.69, 9.17) is 14.6 Å². The van der Waals surface area contributed by atoms with Crippen LogP contribution in [0.2, 0.25) is 0 Å². The van der Waals surface area contributed by atoms with Crippen molar-refractivity contribution in [3.63, 3.8) is 0 Å². The van der Waals surface area contributed by atoms with E-state index in [1.165, 1.54) is 0 Å². The average Bonchev–Trinajstić information content (AvgIpc) is 3.12. The van der Waals surface area contributed by atoms with Gasteiger partial charge in [-0.3, -0.25) is 4.79 Å². The lowest BCUT2D eigenvalue weighted by molar-refractivity contribution is -0.146. The standard InChI is InChI=1S/C15H26N2O5/c1-15(13(18)19)5-7-17(11-15)14(20)16-6-3-8-21-10-12-4-2-9-22-12/h12H,2-11H2,1H3,(H,16,20)(H,18,19). The third-order valence-corrected chi connectivity index (χ3v) is 4.35. The first-order valence-electron chi connectivity index (χ1n) is 7.97. The molecular formula is C15H26N2O5. The molecule has 7 nitrogen and oxygen atoms in total. The number of carboxylic acid groups (broad SMARTS) is 1. The Morgan fingerprint density at radius 2 is 2.32 bits per heavy atom. The van der Waals surface area contributed by atoms with Gasteiger partial charge in [-0.2, -0.15) is 0 Å². The fraction of sp³-hybridized carbons (Fsp3) is 0.867. The predicted octanol–water partition coefficient (Wildman–Crippen LogP) is 1.08. The molecule has 0 bridgehead atoms. The molecule has 0 radical (unpaired) electrons. The Labute approximate surface area is 130 Å². The zero-order valence-corrected chi connectivity index (χ0v) is 13.2. The highest BCUT2D eigenvalue weighted by atomic mass is 16.5. The van der Waals surface area contributed by atoms with Gasteiger partial charge in [-0.05, 0) is 32.6 Å². The third-order valence-electron chi connectivity index (χ3n) is 4.35. The zero-order chi connectivity index (χ0) is 16.0. The molecule has 2 aliphatic rings. The first kappa shape index (κ1) is 17.0. The van der Waals surface area contributed by atoms with E-state index in [0.29, 0.717) is 32.7 Å². The Hall–Kier alpha value is -1.34. The Balaban J connectivity index is 1.53. The summed E-state index contributed by atoms with van der Waals surface area (Å²) in [5, 5.41) is 12.0. The molecular weight excluding hydrogens is 288 g/mol. The molecule has 2 fully saturated rings. The van der Waals surface area contributed by atoms with E-state index in [2.05, 4.69) is 5.32 Å². The normalized spacial score (nSPS) is 28.0. The molecule has 2 amide bonds. The molecule has 0 saturated carbocycles. The second-order valence-electron chi connectivity index (χ2n) is 6.33. The lowest BCUT2D eigenvalue weighted by atomic mass is 9.90. The van der Waals surface area contributed by atoms with Crippen molar-refractivity contribution in [2.24, 2.45) is 5.41 Å². The van der Waals surface area contributed by atoms with Gasteiger partial charge in [-0.15, -0.1) is 0 Å². The highest BCUT2D eigenvalue weighted by Crippen LogP contribution is 2.29. The average molecular weight is 314 g/mol. The van der Waals surface area contributed by atoms with Gasteiger partial charge in [0, 0.05) is 32.8 Å². The summed E-state index contributed by atoms with van der Waals surface area (Å²) in [4.78, 5) is 24.7. The molecule has 2 aliphatic heterocycles. The second-order valence-corrected chi connectivity index (χ2v) is 6.33. The van der Waals surface area contributed by atoms with Crippen LogP contribution in [0.1, 0.15) is 32.6 Å². The summed E-state index contributed by atoms with van der Waals surface area (Å²) in [6.07, 6.45) is 3.64. The van der Waals surface area contributed by atoms with Gasteiger partial charge in [0.15, 0.2) is 0 Å². The van der Waals surface area contributed by atoms with Crippen LogP contribution < -0.4 is 5.32 Å². The van der Waals surface area contributed by atoms with Crippen molar-refractivity contribution in [1.82, 2.24) is 10.2 Å². The molecule has 0 aromatic heterocycles. The summed E-state index contributed by atoms with van der Waals surface area (Å²) in [6.45, 7) is 5.01. The molecule has 22 heavy (non-hydrogen) atoms. The minimum absolute atomic E-state index is 0.191. The van der Waals surface area contributed by atoms with E-state index < -0.39 is 11.4 Å². The van der Waals surface area contributed by atoms with Crippen molar-refractivity contribution in [2.75, 3.05) is 39.5 Å². The van der Waals surface area contributed by atoms with Gasteiger partial charge < -0.3 is 24.8 Å². The summed E-state index contributed by atoms with van der Waals surface area (Å²) in [7, 11) is 0. The smallest absolute Gasteiger partial charge is 0.317 e. The maximum absolute atomic E-state index is 12.0. The number of urea groups is 1. The topological polar surface area (TPSA) is 88.1 Å². The maximum Gasteiger partial charge on any atom is 0.317 e. The minimum Gasteiger partial charge on any atom is -0.481 e. The van der Waals surface area contributed by atoms with Crippen LogP contribution in [-0.2, 0) is 14.3 Å². The number of nitrogens with zero attached hydrogens (tertiary/aromatic N) is 1. The highest BCUT2D eigenvalue weighted by Gasteiger charge is 2.42. The molecule has 126 valence electrons. The fourth-order valence-electron chi connectivity index (χ4n) is 2.78. The maximum atomic E-state index is 12.0. The van der Waals surface area contributed by atoms with Crippen molar-refractivity contribution in [3.05, 3.63) is 0 Å². The Kier molecular flexibility index (Phi) is 6.02. The molecule has 2 atom stereocenters. The van der Waals surface area contributed by atoms with E-state index >= 15 is 0 Å². The lowest BCUT2D eigenvalue weighted by Gasteiger charge is -2.20. The molecule has 0 spiro atoms. The van der Waals surface area contributed by atoms with E-state index in [1.807, 2.05) is 0 Å². The number of aliphatic carboxylic acids is 1. The summed E-state index contributed by atoms with van der Waals surface area (Å²) in [5.41, 5.74) is -0.818. The number of carbonyl (C=O) groups excluding carboxylic acids is 1. The monoisotopic (exact) mass is 314 g/mol. The van der Waals surface area contributed by atoms with Gasteiger partial charge in [0.2, 0.25) is 0 Å². The number of hydrogen-bond donors (Lipinski definition) is 2. The quantitative estimate of drug-likeness (QED) is 0.687. The number of carboxylic acids is 1. The molecule has 2 N–H and O–H groups in total. The molecule has 0 aromatic carbocycles. The number of nitrogens with one attached hydrogen (secondary N) is 1. The number of hydrogen-bond acceptors (Lipinski definition) is 4. The summed E-state index contributed by atoms with van der Waals surface area (Å²) in [5.74, 6) is -0.842. The molecule has 2 heterocycles. The van der Waals surface area contributed by atoms with E-state index in [9.17, 15) is 9.59 Å². The van der Waals surface area contributed by atoms with E-state index in [-0.39, 0.29) is 18.7 Å². The van der Waals surface area contributed by atoms with Crippen molar-refractivity contribution in [2.45, 2.75) is 38.7 Å². The van der Waals surface area contributed by atoms with Crippen LogP contribution in [0.4, 0.5) is 4.79 Å². The largest absolute Gasteiger partial charge is 0.481 e. The van der Waals surface area contributed by atoms with Gasteiger partial charge in [0.1, 0.15) is 0 Å². The Bertz CT molecular complexity index is 397. The van der Waals surface area contributed by atoms with Crippen LogP contribution in [0.5, 0.6) is 0 Å². The number of amides is 2. The van der Waals surface area contributed by atoms with Gasteiger partial charge in [-0.25, -0.2) is 4.79 Å². The first-order chi connectivity index (χ1) is 10.5. The summed E-state index contributed by atoms with van der Waals surface area (Å²) < 4.78 is 11.0. The van der Waals surface area contributed by atoms with Crippen molar-refractivity contribution < 1.29 is 24.2 Å². The number of carbonyl (C=O) groups is 2. The minimum atomic E-state index is -0.842. The van der Waals surface area contributed by atoms with Gasteiger partial charge in [-0.1, -0.05) is 0 Å². The number of ether oxygens (including phenoxy) is 2. The molecule has 2 saturated heterocycles. The molecule has 2 unspecified atom stereocenters. The Morgan fingerprint density at radius 3 is 2.95 bits per heavy atom. The van der Waals surface area contributed by atoms with Crippen LogP contribution >= 0.6 is 0 Å². The van der Waals surface area contributed by atoms with Crippen LogP contribution in [0.15, 0.2) is 0 Å². The van der Waals surface area contributed by atoms with Crippen LogP contribution in [0, 0.1) is 5.41 Å². The second kappa shape index (κ2) is 7.78. The number of likely N-dealkylation sites (tertiary alicyclic amines) is 1. The highest BCUT2D eigenvalue weighted by molar-refractivity contribution is 5.79. The molecule has 0 aromatic rings. The van der Waals surface area contributed by atoms with Crippen LogP contribution in [0.3, 0.4) is 0 Å². The van der Waals surface area contributed by atoms with Crippen molar-refractivity contribution >= 4 is 12.0 Å². The predicted molar refractivity (Wildman–Crippen MR) is 79.7 cm³/mol. The van der Waals surface area contributed by atoms with Gasteiger partial charge >= 0.3 is 12.0 Å². The Morgan fingerprint density at radius 1 is 1.50 bits per heavy atom. The SMILES string of the molecule is CC1(C(=O)O)CCN(C(=O)NCCCOCC2CCCO2)C1. The van der Waals surface area contributed by atoms with Crippen molar-refractivity contribution in [3.8, 4) is 0 Å². The van der Waals surface area contributed by atoms with E-state index in [0.717, 1.165) is 25.9 Å². The van der Waals surface area contributed by atoms with Gasteiger partial charge in [0.25, 0.3) is 0 Å². The van der Waals surface area contributed by atoms with Gasteiger partial charge in [0.05, 0.1) is 18.1 Å². The third kappa shape index (κ3) is 4.58.